The molecule has 0 atom stereocenters. The van der Waals surface area contributed by atoms with Crippen molar-refractivity contribution in [3.05, 3.63) is 50.9 Å². The van der Waals surface area contributed by atoms with Gasteiger partial charge in [-0.05, 0) is 71.8 Å². The van der Waals surface area contributed by atoms with Gasteiger partial charge < -0.3 is 5.32 Å². The predicted octanol–water partition coefficient (Wildman–Crippen LogP) is 3.85. The van der Waals surface area contributed by atoms with Gasteiger partial charge in [0.1, 0.15) is 0 Å². The van der Waals surface area contributed by atoms with Crippen molar-refractivity contribution in [2.75, 3.05) is 19.6 Å². The second kappa shape index (κ2) is 8.43. The Morgan fingerprint density at radius 2 is 2.17 bits per heavy atom. The molecule has 1 aliphatic heterocycles. The van der Waals surface area contributed by atoms with E-state index < -0.39 is 0 Å². The molecule has 3 rings (SSSR count). The quantitative estimate of drug-likeness (QED) is 0.806. The van der Waals surface area contributed by atoms with Gasteiger partial charge in [-0.15, -0.1) is 11.3 Å². The maximum absolute atomic E-state index is 11.9. The highest BCUT2D eigenvalue weighted by Crippen LogP contribution is 2.19. The van der Waals surface area contributed by atoms with Crippen LogP contribution in [0.2, 0.25) is 0 Å². The molecule has 0 unspecified atom stereocenters. The smallest absolute Gasteiger partial charge is 0.244 e. The highest BCUT2D eigenvalue weighted by atomic mass is 32.1. The van der Waals surface area contributed by atoms with Crippen LogP contribution in [0.25, 0.3) is 6.08 Å². The second-order valence-electron chi connectivity index (χ2n) is 5.95. The Morgan fingerprint density at radius 3 is 2.87 bits per heavy atom. The van der Waals surface area contributed by atoms with Gasteiger partial charge in [-0.2, -0.15) is 11.3 Å². The van der Waals surface area contributed by atoms with Gasteiger partial charge in [0.2, 0.25) is 5.91 Å². The molecule has 1 fully saturated rings. The largest absolute Gasteiger partial charge is 0.352 e. The third-order valence-electron chi connectivity index (χ3n) is 4.20. The Balaban J connectivity index is 1.35. The Kier molecular flexibility index (Phi) is 6.02. The van der Waals surface area contributed by atoms with Crippen molar-refractivity contribution in [2.24, 2.45) is 5.92 Å². The number of carbonyl (C=O) groups excluding carboxylic acids is 1. The van der Waals surface area contributed by atoms with Crippen molar-refractivity contribution in [1.29, 1.82) is 0 Å². The van der Waals surface area contributed by atoms with E-state index in [1.54, 1.807) is 28.7 Å². The summed E-state index contributed by atoms with van der Waals surface area (Å²) in [6, 6.07) is 6.21. The highest BCUT2D eigenvalue weighted by Gasteiger charge is 2.19. The van der Waals surface area contributed by atoms with Crippen molar-refractivity contribution >= 4 is 34.7 Å². The number of piperidine rings is 1. The zero-order valence-electron chi connectivity index (χ0n) is 13.1. The van der Waals surface area contributed by atoms with E-state index in [-0.39, 0.29) is 5.91 Å². The summed E-state index contributed by atoms with van der Waals surface area (Å²) < 4.78 is 0. The molecule has 1 amide bonds. The summed E-state index contributed by atoms with van der Waals surface area (Å²) in [6.07, 6.45) is 5.85. The fraction of sp³-hybridized carbons (Fsp3) is 0.389. The summed E-state index contributed by atoms with van der Waals surface area (Å²) in [4.78, 5) is 15.5. The molecule has 3 heterocycles. The van der Waals surface area contributed by atoms with E-state index in [0.29, 0.717) is 5.92 Å². The molecule has 23 heavy (non-hydrogen) atoms. The van der Waals surface area contributed by atoms with Crippen molar-refractivity contribution < 1.29 is 4.79 Å². The van der Waals surface area contributed by atoms with Gasteiger partial charge in [0.25, 0.3) is 0 Å². The van der Waals surface area contributed by atoms with Crippen LogP contribution in [0.1, 0.15) is 23.3 Å². The van der Waals surface area contributed by atoms with E-state index in [0.717, 1.165) is 31.1 Å². The Morgan fingerprint density at radius 1 is 1.30 bits per heavy atom. The van der Waals surface area contributed by atoms with Crippen LogP contribution in [0, 0.1) is 5.92 Å². The standard InChI is InChI=1S/C18H22N2OS2/c21-18(4-3-17-2-1-10-23-17)19-12-15-5-8-20(9-6-15)13-16-7-11-22-14-16/h1-4,7,10-11,14-15H,5-6,8-9,12-13H2,(H,19,21). The highest BCUT2D eigenvalue weighted by molar-refractivity contribution is 7.10. The number of amides is 1. The lowest BCUT2D eigenvalue weighted by Crippen LogP contribution is -2.37. The molecule has 0 spiro atoms. The maximum atomic E-state index is 11.9. The van der Waals surface area contributed by atoms with E-state index in [1.807, 2.05) is 23.6 Å². The molecule has 122 valence electrons. The molecule has 1 saturated heterocycles. The molecule has 0 bridgehead atoms. The zero-order valence-corrected chi connectivity index (χ0v) is 14.7. The summed E-state index contributed by atoms with van der Waals surface area (Å²) in [5.74, 6) is 0.618. The topological polar surface area (TPSA) is 32.3 Å². The molecule has 0 saturated carbocycles. The third-order valence-corrected chi connectivity index (χ3v) is 5.77. The number of likely N-dealkylation sites (tertiary alicyclic amines) is 1. The van der Waals surface area contributed by atoms with Gasteiger partial charge in [0.05, 0.1) is 0 Å². The van der Waals surface area contributed by atoms with E-state index in [4.69, 9.17) is 0 Å². The van der Waals surface area contributed by atoms with Crippen molar-refractivity contribution in [3.63, 3.8) is 0 Å². The fourth-order valence-corrected chi connectivity index (χ4v) is 4.12. The van der Waals surface area contributed by atoms with Gasteiger partial charge >= 0.3 is 0 Å². The van der Waals surface area contributed by atoms with Gasteiger partial charge in [-0.25, -0.2) is 0 Å². The minimum absolute atomic E-state index is 0.0131. The van der Waals surface area contributed by atoms with Crippen LogP contribution in [0.3, 0.4) is 0 Å². The van der Waals surface area contributed by atoms with Crippen LogP contribution in [0.5, 0.6) is 0 Å². The number of nitrogens with zero attached hydrogens (tertiary/aromatic N) is 1. The summed E-state index contributed by atoms with van der Waals surface area (Å²) in [5, 5.41) is 9.42. The lowest BCUT2D eigenvalue weighted by atomic mass is 9.96. The first-order valence-electron chi connectivity index (χ1n) is 8.02. The number of carbonyl (C=O) groups is 1. The molecule has 2 aromatic heterocycles. The third kappa shape index (κ3) is 5.30. The molecular weight excluding hydrogens is 324 g/mol. The fourth-order valence-electron chi connectivity index (χ4n) is 2.84. The van der Waals surface area contributed by atoms with Gasteiger partial charge in [-0.3, -0.25) is 9.69 Å². The number of hydrogen-bond donors (Lipinski definition) is 1. The van der Waals surface area contributed by atoms with Crippen LogP contribution in [-0.2, 0) is 11.3 Å². The molecule has 1 N–H and O–H groups in total. The molecule has 0 aromatic carbocycles. The van der Waals surface area contributed by atoms with Crippen LogP contribution in [0.4, 0.5) is 0 Å². The number of hydrogen-bond acceptors (Lipinski definition) is 4. The lowest BCUT2D eigenvalue weighted by Gasteiger charge is -2.31. The SMILES string of the molecule is O=C(C=Cc1cccs1)NCC1CCN(Cc2ccsc2)CC1. The average Bonchev–Trinajstić information content (AvgIpc) is 3.26. The Hall–Kier alpha value is -1.43. The summed E-state index contributed by atoms with van der Waals surface area (Å²) in [7, 11) is 0. The minimum Gasteiger partial charge on any atom is -0.352 e. The summed E-state index contributed by atoms with van der Waals surface area (Å²) in [5.41, 5.74) is 1.42. The normalized spacial score (nSPS) is 16.9. The van der Waals surface area contributed by atoms with E-state index >= 15 is 0 Å². The Bertz CT molecular complexity index is 612. The number of nitrogens with one attached hydrogen (secondary N) is 1. The van der Waals surface area contributed by atoms with E-state index in [1.165, 1.54) is 18.4 Å². The first-order chi connectivity index (χ1) is 11.3. The van der Waals surface area contributed by atoms with Gasteiger partial charge in [-0.1, -0.05) is 6.07 Å². The van der Waals surface area contributed by atoms with Gasteiger partial charge in [0, 0.05) is 24.0 Å². The van der Waals surface area contributed by atoms with Crippen LogP contribution in [-0.4, -0.2) is 30.4 Å². The van der Waals surface area contributed by atoms with Gasteiger partial charge in [0.15, 0.2) is 0 Å². The van der Waals surface area contributed by atoms with Crippen molar-refractivity contribution in [2.45, 2.75) is 19.4 Å². The summed E-state index contributed by atoms with van der Waals surface area (Å²) >= 11 is 3.40. The minimum atomic E-state index is 0.0131. The number of rotatable bonds is 6. The molecule has 0 radical (unpaired) electrons. The Labute approximate surface area is 145 Å². The van der Waals surface area contributed by atoms with Crippen LogP contribution < -0.4 is 5.32 Å². The molecule has 3 nitrogen and oxygen atoms in total. The number of thiophene rings is 2. The molecule has 1 aliphatic rings. The maximum Gasteiger partial charge on any atom is 0.244 e. The molecule has 2 aromatic rings. The predicted molar refractivity (Wildman–Crippen MR) is 98.7 cm³/mol. The molecule has 5 heteroatoms. The average molecular weight is 347 g/mol. The monoisotopic (exact) mass is 346 g/mol. The first kappa shape index (κ1) is 16.4. The lowest BCUT2D eigenvalue weighted by molar-refractivity contribution is -0.116. The van der Waals surface area contributed by atoms with Crippen LogP contribution >= 0.6 is 22.7 Å². The van der Waals surface area contributed by atoms with Crippen LogP contribution in [0.15, 0.2) is 40.4 Å². The first-order valence-corrected chi connectivity index (χ1v) is 9.85. The molecule has 0 aliphatic carbocycles. The molecular formula is C18H22N2OS2. The van der Waals surface area contributed by atoms with Crippen molar-refractivity contribution in [3.8, 4) is 0 Å². The second-order valence-corrected chi connectivity index (χ2v) is 7.70. The van der Waals surface area contributed by atoms with Crippen molar-refractivity contribution in [1.82, 2.24) is 10.2 Å². The van der Waals surface area contributed by atoms with E-state index in [2.05, 4.69) is 27.0 Å². The summed E-state index contributed by atoms with van der Waals surface area (Å²) in [6.45, 7) is 4.11. The zero-order chi connectivity index (χ0) is 15.9. The van der Waals surface area contributed by atoms with E-state index in [9.17, 15) is 4.79 Å².